The maximum atomic E-state index is 3.60. The average Bonchev–Trinajstić information content (AvgIpc) is 2.11. The standard InChI is InChI=1S/C13H28N2/c1-8-9-14-12(10-11(2)3)13(4,5)15(6)7/h10,12,14H,8-9H2,1-7H3. The van der Waals surface area contributed by atoms with Crippen molar-refractivity contribution < 1.29 is 0 Å². The molecule has 0 aromatic carbocycles. The Morgan fingerprint density at radius 3 is 2.20 bits per heavy atom. The highest BCUT2D eigenvalue weighted by atomic mass is 15.2. The zero-order valence-corrected chi connectivity index (χ0v) is 11.5. The number of likely N-dealkylation sites (N-methyl/N-ethyl adjacent to an activating group) is 1. The Kier molecular flexibility index (Phi) is 6.15. The molecule has 1 atom stereocenters. The van der Waals surface area contributed by atoms with Gasteiger partial charge in [0.25, 0.3) is 0 Å². The summed E-state index contributed by atoms with van der Waals surface area (Å²) in [5.41, 5.74) is 1.52. The highest BCUT2D eigenvalue weighted by Gasteiger charge is 2.29. The first-order valence-electron chi connectivity index (χ1n) is 5.88. The largest absolute Gasteiger partial charge is 0.309 e. The molecule has 2 nitrogen and oxygen atoms in total. The number of nitrogens with zero attached hydrogens (tertiary/aromatic N) is 1. The molecule has 0 bridgehead atoms. The third-order valence-corrected chi connectivity index (χ3v) is 3.03. The zero-order chi connectivity index (χ0) is 12.1. The minimum absolute atomic E-state index is 0.145. The Bertz CT molecular complexity index is 201. The molecule has 15 heavy (non-hydrogen) atoms. The van der Waals surface area contributed by atoms with Crippen LogP contribution in [0.1, 0.15) is 41.0 Å². The molecule has 0 aromatic rings. The van der Waals surface area contributed by atoms with Crippen molar-refractivity contribution in [1.82, 2.24) is 10.2 Å². The molecule has 2 heteroatoms. The molecule has 0 rings (SSSR count). The van der Waals surface area contributed by atoms with E-state index in [1.807, 2.05) is 0 Å². The van der Waals surface area contributed by atoms with Crippen molar-refractivity contribution in [3.05, 3.63) is 11.6 Å². The van der Waals surface area contributed by atoms with E-state index in [1.54, 1.807) is 0 Å². The van der Waals surface area contributed by atoms with E-state index in [0.717, 1.165) is 6.54 Å². The molecule has 1 unspecified atom stereocenters. The first kappa shape index (κ1) is 14.7. The van der Waals surface area contributed by atoms with Crippen LogP contribution in [0.5, 0.6) is 0 Å². The fourth-order valence-electron chi connectivity index (χ4n) is 1.42. The maximum absolute atomic E-state index is 3.60. The Morgan fingerprint density at radius 1 is 1.33 bits per heavy atom. The zero-order valence-electron chi connectivity index (χ0n) is 11.5. The normalized spacial score (nSPS) is 14.1. The van der Waals surface area contributed by atoms with E-state index in [9.17, 15) is 0 Å². The highest BCUT2D eigenvalue weighted by Crippen LogP contribution is 2.18. The lowest BCUT2D eigenvalue weighted by Gasteiger charge is -2.39. The third kappa shape index (κ3) is 4.80. The van der Waals surface area contributed by atoms with E-state index in [-0.39, 0.29) is 5.54 Å². The second-order valence-electron chi connectivity index (χ2n) is 5.22. The van der Waals surface area contributed by atoms with Crippen LogP contribution in [0.4, 0.5) is 0 Å². The van der Waals surface area contributed by atoms with Crippen molar-refractivity contribution in [2.24, 2.45) is 0 Å². The van der Waals surface area contributed by atoms with E-state index >= 15 is 0 Å². The van der Waals surface area contributed by atoms with Gasteiger partial charge in [0.15, 0.2) is 0 Å². The van der Waals surface area contributed by atoms with Gasteiger partial charge in [-0.05, 0) is 54.8 Å². The molecule has 0 amide bonds. The molecule has 0 heterocycles. The van der Waals surface area contributed by atoms with E-state index in [4.69, 9.17) is 0 Å². The summed E-state index contributed by atoms with van der Waals surface area (Å²) in [5, 5.41) is 3.60. The molecule has 0 saturated heterocycles. The summed E-state index contributed by atoms with van der Waals surface area (Å²) >= 11 is 0. The van der Waals surface area contributed by atoms with Crippen LogP contribution in [0.25, 0.3) is 0 Å². The predicted octanol–water partition coefficient (Wildman–Crippen LogP) is 2.66. The molecule has 0 aliphatic rings. The topological polar surface area (TPSA) is 15.3 Å². The number of rotatable bonds is 6. The van der Waals surface area contributed by atoms with Crippen LogP contribution in [0.3, 0.4) is 0 Å². The number of nitrogens with one attached hydrogen (secondary N) is 1. The average molecular weight is 212 g/mol. The van der Waals surface area contributed by atoms with Gasteiger partial charge in [-0.15, -0.1) is 0 Å². The SMILES string of the molecule is CCCNC(C=C(C)C)C(C)(C)N(C)C. The van der Waals surface area contributed by atoms with Crippen molar-refractivity contribution >= 4 is 0 Å². The maximum Gasteiger partial charge on any atom is 0.0433 e. The minimum atomic E-state index is 0.145. The van der Waals surface area contributed by atoms with Gasteiger partial charge in [0.1, 0.15) is 0 Å². The number of hydrogen-bond donors (Lipinski definition) is 1. The van der Waals surface area contributed by atoms with Crippen LogP contribution in [0.2, 0.25) is 0 Å². The first-order chi connectivity index (χ1) is 6.82. The van der Waals surface area contributed by atoms with E-state index < -0.39 is 0 Å². The Balaban J connectivity index is 4.68. The van der Waals surface area contributed by atoms with Gasteiger partial charge in [-0.1, -0.05) is 18.6 Å². The lowest BCUT2D eigenvalue weighted by molar-refractivity contribution is 0.159. The van der Waals surface area contributed by atoms with Gasteiger partial charge in [-0.2, -0.15) is 0 Å². The Hall–Kier alpha value is -0.340. The summed E-state index contributed by atoms with van der Waals surface area (Å²) in [5.74, 6) is 0. The quantitative estimate of drug-likeness (QED) is 0.681. The molecule has 0 saturated carbocycles. The van der Waals surface area contributed by atoms with Crippen molar-refractivity contribution in [3.8, 4) is 0 Å². The van der Waals surface area contributed by atoms with E-state index in [0.29, 0.717) is 6.04 Å². The van der Waals surface area contributed by atoms with Gasteiger partial charge in [0, 0.05) is 11.6 Å². The first-order valence-corrected chi connectivity index (χ1v) is 5.88. The number of hydrogen-bond acceptors (Lipinski definition) is 2. The molecule has 0 radical (unpaired) electrons. The Labute approximate surface area is 95.7 Å². The fourth-order valence-corrected chi connectivity index (χ4v) is 1.42. The summed E-state index contributed by atoms with van der Waals surface area (Å²) < 4.78 is 0. The predicted molar refractivity (Wildman–Crippen MR) is 69.3 cm³/mol. The van der Waals surface area contributed by atoms with Crippen LogP contribution in [0, 0.1) is 0 Å². The van der Waals surface area contributed by atoms with Crippen molar-refractivity contribution in [2.45, 2.75) is 52.6 Å². The molecule has 1 N–H and O–H groups in total. The van der Waals surface area contributed by atoms with Gasteiger partial charge in [0.05, 0.1) is 0 Å². The fraction of sp³-hybridized carbons (Fsp3) is 0.846. The van der Waals surface area contributed by atoms with Crippen LogP contribution in [-0.2, 0) is 0 Å². The van der Waals surface area contributed by atoms with Crippen LogP contribution >= 0.6 is 0 Å². The van der Waals surface area contributed by atoms with Crippen molar-refractivity contribution in [3.63, 3.8) is 0 Å². The molecular formula is C13H28N2. The van der Waals surface area contributed by atoms with Crippen LogP contribution in [0.15, 0.2) is 11.6 Å². The van der Waals surface area contributed by atoms with Gasteiger partial charge in [0.2, 0.25) is 0 Å². The van der Waals surface area contributed by atoms with Crippen molar-refractivity contribution in [1.29, 1.82) is 0 Å². The molecule has 90 valence electrons. The summed E-state index contributed by atoms with van der Waals surface area (Å²) in [6, 6.07) is 0.414. The van der Waals surface area contributed by atoms with E-state index in [1.165, 1.54) is 12.0 Å². The van der Waals surface area contributed by atoms with Crippen LogP contribution < -0.4 is 5.32 Å². The van der Waals surface area contributed by atoms with Gasteiger partial charge in [-0.3, -0.25) is 0 Å². The molecule has 0 aromatic heterocycles. The van der Waals surface area contributed by atoms with Crippen LogP contribution in [-0.4, -0.2) is 37.1 Å². The van der Waals surface area contributed by atoms with E-state index in [2.05, 4.69) is 65.0 Å². The molecular weight excluding hydrogens is 184 g/mol. The third-order valence-electron chi connectivity index (χ3n) is 3.03. The lowest BCUT2D eigenvalue weighted by atomic mass is 9.91. The van der Waals surface area contributed by atoms with Crippen molar-refractivity contribution in [2.75, 3.05) is 20.6 Å². The van der Waals surface area contributed by atoms with Gasteiger partial charge >= 0.3 is 0 Å². The molecule has 0 aliphatic carbocycles. The monoisotopic (exact) mass is 212 g/mol. The number of allylic oxidation sites excluding steroid dienone is 1. The minimum Gasteiger partial charge on any atom is -0.309 e. The summed E-state index contributed by atoms with van der Waals surface area (Å²) in [4.78, 5) is 2.28. The van der Waals surface area contributed by atoms with Gasteiger partial charge < -0.3 is 10.2 Å². The second-order valence-corrected chi connectivity index (χ2v) is 5.22. The highest BCUT2D eigenvalue weighted by molar-refractivity contribution is 5.09. The summed E-state index contributed by atoms with van der Waals surface area (Å²) in [6.45, 7) is 12.2. The Morgan fingerprint density at radius 2 is 1.87 bits per heavy atom. The molecule has 0 aliphatic heterocycles. The molecule has 0 fully saturated rings. The summed E-state index contributed by atoms with van der Waals surface area (Å²) in [6.07, 6.45) is 3.51. The smallest absolute Gasteiger partial charge is 0.0433 e. The second kappa shape index (κ2) is 6.29. The molecule has 0 spiro atoms. The lowest BCUT2D eigenvalue weighted by Crippen LogP contribution is -2.54. The summed E-state index contributed by atoms with van der Waals surface area (Å²) in [7, 11) is 4.28. The van der Waals surface area contributed by atoms with Gasteiger partial charge in [-0.25, -0.2) is 0 Å².